The van der Waals surface area contributed by atoms with Gasteiger partial charge in [0.15, 0.2) is 0 Å². The second-order valence-corrected chi connectivity index (χ2v) is 13.3. The largest absolute Gasteiger partial charge is 0.481 e. The van der Waals surface area contributed by atoms with E-state index >= 15 is 0 Å². The van der Waals surface area contributed by atoms with Crippen LogP contribution in [0.3, 0.4) is 0 Å². The molecule has 0 saturated heterocycles. The number of carbonyl (C=O) groups is 1. The maximum atomic E-state index is 14.0. The van der Waals surface area contributed by atoms with Crippen molar-refractivity contribution >= 4 is 27.6 Å². The van der Waals surface area contributed by atoms with Crippen LogP contribution < -0.4 is 5.32 Å². The van der Waals surface area contributed by atoms with E-state index in [-0.39, 0.29) is 41.4 Å². The number of sulfonamides is 1. The van der Waals surface area contributed by atoms with Gasteiger partial charge in [-0.3, -0.25) is 4.79 Å². The van der Waals surface area contributed by atoms with Crippen LogP contribution in [-0.4, -0.2) is 60.7 Å². The standard InChI is InChI=1S/C31H38ClFN2O5S/c1-31(2,17-7-10-22-8-5-4-6-9-22)34-20-25(36)21-35(3)41(39,40)26-14-15-27(29(32)19-26)28-18-24(33)13-11-23(28)12-16-30(37)38/h4-6,8-9,11,13-15,18-19,25,34,36H,7,10,12,16-17,20-21H2,1-3H3,(H,37,38)/t25-/m1/s1. The molecule has 3 aromatic rings. The second kappa shape index (κ2) is 14.4. The van der Waals surface area contributed by atoms with E-state index in [1.54, 1.807) is 0 Å². The third-order valence-electron chi connectivity index (χ3n) is 7.01. The molecule has 0 fully saturated rings. The van der Waals surface area contributed by atoms with E-state index < -0.39 is 27.9 Å². The lowest BCUT2D eigenvalue weighted by molar-refractivity contribution is -0.136. The molecule has 0 unspecified atom stereocenters. The molecule has 3 aromatic carbocycles. The first-order chi connectivity index (χ1) is 19.3. The SMILES string of the molecule is CN(C[C@H](O)CNC(C)(C)CCCc1ccccc1)S(=O)(=O)c1ccc(-c2cc(F)ccc2CCC(=O)O)c(Cl)c1. The fourth-order valence-corrected chi connectivity index (χ4v) is 6.22. The van der Waals surface area contributed by atoms with Crippen molar-refractivity contribution in [2.45, 2.75) is 62.5 Å². The summed E-state index contributed by atoms with van der Waals surface area (Å²) in [5.41, 5.74) is 2.42. The number of nitrogens with one attached hydrogen (secondary N) is 1. The summed E-state index contributed by atoms with van der Waals surface area (Å²) in [7, 11) is -2.59. The van der Waals surface area contributed by atoms with E-state index in [0.29, 0.717) is 16.7 Å². The molecule has 0 saturated carbocycles. The van der Waals surface area contributed by atoms with E-state index in [1.165, 1.54) is 49.0 Å². The summed E-state index contributed by atoms with van der Waals surface area (Å²) in [6.45, 7) is 4.20. The second-order valence-electron chi connectivity index (χ2n) is 10.9. The van der Waals surface area contributed by atoms with Gasteiger partial charge in [-0.1, -0.05) is 54.1 Å². The van der Waals surface area contributed by atoms with Crippen molar-refractivity contribution in [2.75, 3.05) is 20.1 Å². The summed E-state index contributed by atoms with van der Waals surface area (Å²) in [6, 6.07) is 18.4. The molecule has 0 aromatic heterocycles. The van der Waals surface area contributed by atoms with Crippen LogP contribution in [0, 0.1) is 5.82 Å². The number of rotatable bonds is 15. The smallest absolute Gasteiger partial charge is 0.303 e. The van der Waals surface area contributed by atoms with Gasteiger partial charge in [0.25, 0.3) is 0 Å². The van der Waals surface area contributed by atoms with Crippen molar-refractivity contribution in [3.63, 3.8) is 0 Å². The van der Waals surface area contributed by atoms with E-state index in [4.69, 9.17) is 16.7 Å². The molecule has 0 bridgehead atoms. The van der Waals surface area contributed by atoms with E-state index in [9.17, 15) is 22.7 Å². The lowest BCUT2D eigenvalue weighted by Gasteiger charge is -2.29. The fourth-order valence-electron chi connectivity index (χ4n) is 4.63. The van der Waals surface area contributed by atoms with E-state index in [0.717, 1.165) is 23.6 Å². The van der Waals surface area contributed by atoms with Crippen molar-refractivity contribution in [3.05, 3.63) is 88.7 Å². The highest BCUT2D eigenvalue weighted by Gasteiger charge is 2.26. The highest BCUT2D eigenvalue weighted by atomic mass is 35.5. The van der Waals surface area contributed by atoms with E-state index in [2.05, 4.69) is 31.3 Å². The number of likely N-dealkylation sites (N-methyl/N-ethyl adjacent to an activating group) is 1. The molecule has 10 heteroatoms. The zero-order chi connectivity index (χ0) is 30.2. The molecule has 0 spiro atoms. The Bertz CT molecular complexity index is 1430. The minimum atomic E-state index is -3.98. The Labute approximate surface area is 247 Å². The first kappa shape index (κ1) is 32.7. The summed E-state index contributed by atoms with van der Waals surface area (Å²) >= 11 is 6.47. The molecule has 0 aliphatic carbocycles. The Morgan fingerprint density at radius 1 is 1.05 bits per heavy atom. The van der Waals surface area contributed by atoms with Gasteiger partial charge in [0, 0.05) is 42.7 Å². The molecular weight excluding hydrogens is 567 g/mol. The molecular formula is C31H38ClFN2O5S. The quantitative estimate of drug-likeness (QED) is 0.210. The zero-order valence-corrected chi connectivity index (χ0v) is 25.2. The maximum absolute atomic E-state index is 14.0. The number of aliphatic hydroxyl groups is 1. The number of aryl methyl sites for hydroxylation is 2. The van der Waals surface area contributed by atoms with Gasteiger partial charge in [-0.15, -0.1) is 0 Å². The average molecular weight is 605 g/mol. The number of β-amino-alcohol motifs (C(OH)–C–C–N with tert-alkyl or cyclic N) is 1. The molecule has 7 nitrogen and oxygen atoms in total. The Kier molecular flexibility index (Phi) is 11.5. The topological polar surface area (TPSA) is 107 Å². The Balaban J connectivity index is 1.62. The number of hydrogen-bond acceptors (Lipinski definition) is 5. The Morgan fingerprint density at radius 3 is 2.41 bits per heavy atom. The highest BCUT2D eigenvalue weighted by Crippen LogP contribution is 2.34. The summed E-state index contributed by atoms with van der Waals surface area (Å²) < 4.78 is 41.6. The van der Waals surface area contributed by atoms with Gasteiger partial charge < -0.3 is 15.5 Å². The molecule has 0 aliphatic heterocycles. The molecule has 0 amide bonds. The van der Waals surface area contributed by atoms with Crippen LogP contribution in [0.1, 0.15) is 44.2 Å². The van der Waals surface area contributed by atoms with Crippen molar-refractivity contribution in [1.82, 2.24) is 9.62 Å². The fraction of sp³-hybridized carbons (Fsp3) is 0.387. The molecule has 222 valence electrons. The van der Waals surface area contributed by atoms with Gasteiger partial charge in [-0.2, -0.15) is 4.31 Å². The number of carboxylic acids is 1. The monoisotopic (exact) mass is 604 g/mol. The van der Waals surface area contributed by atoms with Gasteiger partial charge in [0.2, 0.25) is 10.0 Å². The van der Waals surface area contributed by atoms with Gasteiger partial charge >= 0.3 is 5.97 Å². The number of aliphatic hydroxyl groups excluding tert-OH is 1. The van der Waals surface area contributed by atoms with Crippen LogP contribution >= 0.6 is 11.6 Å². The van der Waals surface area contributed by atoms with Crippen molar-refractivity contribution in [2.24, 2.45) is 0 Å². The average Bonchev–Trinajstić information content (AvgIpc) is 2.91. The van der Waals surface area contributed by atoms with Crippen LogP contribution in [-0.2, 0) is 27.7 Å². The van der Waals surface area contributed by atoms with E-state index in [1.807, 2.05) is 18.2 Å². The van der Waals surface area contributed by atoms with Crippen LogP contribution in [0.2, 0.25) is 5.02 Å². The van der Waals surface area contributed by atoms with Crippen LogP contribution in [0.15, 0.2) is 71.6 Å². The lowest BCUT2D eigenvalue weighted by Crippen LogP contribution is -2.46. The van der Waals surface area contributed by atoms with Crippen LogP contribution in [0.25, 0.3) is 11.1 Å². The number of aliphatic carboxylic acids is 1. The number of benzene rings is 3. The first-order valence-corrected chi connectivity index (χ1v) is 15.3. The third-order valence-corrected chi connectivity index (χ3v) is 9.15. The highest BCUT2D eigenvalue weighted by molar-refractivity contribution is 7.89. The Hall–Kier alpha value is -2.82. The molecule has 0 heterocycles. The van der Waals surface area contributed by atoms with Gasteiger partial charge in [-0.05, 0) is 80.5 Å². The molecule has 3 rings (SSSR count). The minimum Gasteiger partial charge on any atom is -0.481 e. The summed E-state index contributed by atoms with van der Waals surface area (Å²) in [5, 5.41) is 23.1. The molecule has 41 heavy (non-hydrogen) atoms. The van der Waals surface area contributed by atoms with Crippen molar-refractivity contribution in [1.29, 1.82) is 0 Å². The first-order valence-electron chi connectivity index (χ1n) is 13.5. The van der Waals surface area contributed by atoms with Crippen molar-refractivity contribution in [3.8, 4) is 11.1 Å². The predicted molar refractivity (Wildman–Crippen MR) is 160 cm³/mol. The molecule has 0 radical (unpaired) electrons. The van der Waals surface area contributed by atoms with Crippen LogP contribution in [0.4, 0.5) is 4.39 Å². The summed E-state index contributed by atoms with van der Waals surface area (Å²) in [5.74, 6) is -1.51. The van der Waals surface area contributed by atoms with Gasteiger partial charge in [-0.25, -0.2) is 12.8 Å². The maximum Gasteiger partial charge on any atom is 0.303 e. The number of carboxylic acid groups (broad SMARTS) is 1. The molecule has 3 N–H and O–H groups in total. The minimum absolute atomic E-state index is 0.0707. The molecule has 0 aliphatic rings. The van der Waals surface area contributed by atoms with Crippen LogP contribution in [0.5, 0.6) is 0 Å². The predicted octanol–water partition coefficient (Wildman–Crippen LogP) is 5.54. The third kappa shape index (κ3) is 9.61. The van der Waals surface area contributed by atoms with Gasteiger partial charge in [0.1, 0.15) is 5.82 Å². The Morgan fingerprint density at radius 2 is 1.76 bits per heavy atom. The zero-order valence-electron chi connectivity index (χ0n) is 23.6. The lowest BCUT2D eigenvalue weighted by atomic mass is 9.95. The summed E-state index contributed by atoms with van der Waals surface area (Å²) in [6.07, 6.45) is 1.90. The molecule has 1 atom stereocenters. The summed E-state index contributed by atoms with van der Waals surface area (Å²) in [4.78, 5) is 11.0. The number of nitrogens with zero attached hydrogens (tertiary/aromatic N) is 1. The van der Waals surface area contributed by atoms with Gasteiger partial charge in [0.05, 0.1) is 11.0 Å². The number of halogens is 2. The number of hydrogen-bond donors (Lipinski definition) is 3. The van der Waals surface area contributed by atoms with Crippen molar-refractivity contribution < 1.29 is 27.8 Å². The normalized spacial score (nSPS) is 13.0.